The van der Waals surface area contributed by atoms with Gasteiger partial charge in [0.25, 0.3) is 0 Å². The molecule has 7 nitrogen and oxygen atoms in total. The number of alkyl halides is 1. The summed E-state index contributed by atoms with van der Waals surface area (Å²) < 4.78 is 41.0. The molecular weight excluding hydrogens is 321 g/mol. The predicted molar refractivity (Wildman–Crippen MR) is 76.5 cm³/mol. The van der Waals surface area contributed by atoms with E-state index >= 15 is 0 Å². The van der Waals surface area contributed by atoms with E-state index in [-0.39, 0.29) is 11.4 Å². The lowest BCUT2D eigenvalue weighted by Crippen LogP contribution is -2.18. The molecule has 2 rings (SSSR count). The number of sulfonamides is 1. The Bertz CT molecular complexity index is 693. The first-order valence-electron chi connectivity index (χ1n) is 6.11. The number of hydrogen-bond donors (Lipinski definition) is 1. The molecule has 0 fully saturated rings. The normalized spacial score (nSPS) is 11.5. The largest absolute Gasteiger partial charge is 0.280 e. The zero-order valence-electron chi connectivity index (χ0n) is 10.9. The number of halogens is 2. The van der Waals surface area contributed by atoms with Crippen LogP contribution < -0.4 is 4.72 Å². The highest BCUT2D eigenvalue weighted by Crippen LogP contribution is 2.19. The van der Waals surface area contributed by atoms with Crippen LogP contribution in [0.1, 0.15) is 12.8 Å². The molecule has 1 aromatic carbocycles. The van der Waals surface area contributed by atoms with Gasteiger partial charge < -0.3 is 0 Å². The monoisotopic (exact) mass is 333 g/mol. The summed E-state index contributed by atoms with van der Waals surface area (Å²) in [6.45, 7) is 0. The lowest BCUT2D eigenvalue weighted by molar-refractivity contribution is 0.595. The Labute approximate surface area is 126 Å². The highest BCUT2D eigenvalue weighted by atomic mass is 35.5. The second-order valence-electron chi connectivity index (χ2n) is 4.24. The number of aromatic nitrogens is 4. The molecule has 0 amide bonds. The van der Waals surface area contributed by atoms with Gasteiger partial charge in [0, 0.05) is 5.88 Å². The Balaban J connectivity index is 2.18. The third kappa shape index (κ3) is 4.36. The van der Waals surface area contributed by atoms with E-state index in [1.165, 1.54) is 23.1 Å². The number of tetrazole rings is 1. The Kier molecular flexibility index (Phi) is 5.07. The summed E-state index contributed by atoms with van der Waals surface area (Å²) >= 11 is 5.50. The molecule has 0 unspecified atom stereocenters. The van der Waals surface area contributed by atoms with Crippen molar-refractivity contribution >= 4 is 27.3 Å². The van der Waals surface area contributed by atoms with Crippen molar-refractivity contribution in [3.8, 4) is 5.69 Å². The van der Waals surface area contributed by atoms with Crippen molar-refractivity contribution in [1.29, 1.82) is 0 Å². The first-order chi connectivity index (χ1) is 10.0. The first-order valence-corrected chi connectivity index (χ1v) is 8.30. The molecule has 0 radical (unpaired) electrons. The highest BCUT2D eigenvalue weighted by molar-refractivity contribution is 7.92. The van der Waals surface area contributed by atoms with Crippen LogP contribution in [0, 0.1) is 5.82 Å². The van der Waals surface area contributed by atoms with Crippen molar-refractivity contribution in [3.63, 3.8) is 0 Å². The Morgan fingerprint density at radius 2 is 2.14 bits per heavy atom. The highest BCUT2D eigenvalue weighted by Gasteiger charge is 2.14. The van der Waals surface area contributed by atoms with Crippen LogP contribution in [-0.4, -0.2) is 40.3 Å². The fourth-order valence-electron chi connectivity index (χ4n) is 1.62. The van der Waals surface area contributed by atoms with Crippen LogP contribution in [0.25, 0.3) is 5.69 Å². The average Bonchev–Trinajstić information content (AvgIpc) is 2.95. The molecule has 0 bridgehead atoms. The molecule has 0 spiro atoms. The first kappa shape index (κ1) is 15.6. The molecule has 0 saturated carbocycles. The maximum absolute atomic E-state index is 13.7. The molecule has 0 aliphatic carbocycles. The van der Waals surface area contributed by atoms with E-state index in [1.807, 2.05) is 0 Å². The second kappa shape index (κ2) is 6.81. The van der Waals surface area contributed by atoms with Gasteiger partial charge in [0.05, 0.1) is 17.1 Å². The third-order valence-corrected chi connectivity index (χ3v) is 4.25. The quantitative estimate of drug-likeness (QED) is 0.613. The summed E-state index contributed by atoms with van der Waals surface area (Å²) in [5.74, 6) is -0.403. The van der Waals surface area contributed by atoms with Crippen molar-refractivity contribution in [2.75, 3.05) is 16.4 Å². The van der Waals surface area contributed by atoms with Gasteiger partial charge in [0.1, 0.15) is 12.1 Å². The minimum atomic E-state index is -3.62. The number of anilines is 1. The van der Waals surface area contributed by atoms with E-state index in [1.54, 1.807) is 0 Å². The summed E-state index contributed by atoms with van der Waals surface area (Å²) in [6.07, 6.45) is 2.31. The molecule has 0 atom stereocenters. The van der Waals surface area contributed by atoms with Gasteiger partial charge >= 0.3 is 0 Å². The number of hydrogen-bond acceptors (Lipinski definition) is 5. The number of nitrogens with zero attached hydrogens (tertiary/aromatic N) is 4. The number of benzene rings is 1. The van der Waals surface area contributed by atoms with Gasteiger partial charge in [-0.15, -0.1) is 16.7 Å². The SMILES string of the molecule is O=S(=O)(CCCCCl)Nc1cc(-n2cnnn2)ccc1F. The van der Waals surface area contributed by atoms with E-state index in [2.05, 4.69) is 20.2 Å². The molecule has 1 aromatic heterocycles. The summed E-state index contributed by atoms with van der Waals surface area (Å²) in [7, 11) is -3.62. The minimum absolute atomic E-state index is 0.117. The Hall–Kier alpha value is -1.74. The van der Waals surface area contributed by atoms with Crippen molar-refractivity contribution in [1.82, 2.24) is 20.2 Å². The van der Waals surface area contributed by atoms with Gasteiger partial charge in [-0.3, -0.25) is 4.72 Å². The van der Waals surface area contributed by atoms with Crippen LogP contribution in [-0.2, 0) is 10.0 Å². The second-order valence-corrected chi connectivity index (χ2v) is 6.46. The summed E-state index contributed by atoms with van der Waals surface area (Å²) in [6, 6.07) is 3.91. The lowest BCUT2D eigenvalue weighted by Gasteiger charge is -2.10. The summed E-state index contributed by atoms with van der Waals surface area (Å²) in [5, 5.41) is 10.6. The molecule has 114 valence electrons. The maximum Gasteiger partial charge on any atom is 0.232 e. The standard InChI is InChI=1S/C11H13ClFN5O2S/c12-5-1-2-6-21(19,20)15-11-7-9(3-4-10(11)13)18-8-14-16-17-18/h3-4,7-8,15H,1-2,5-6H2. The molecular formula is C11H13ClFN5O2S. The van der Waals surface area contributed by atoms with Crippen LogP contribution in [0.4, 0.5) is 10.1 Å². The molecule has 0 saturated heterocycles. The van der Waals surface area contributed by atoms with Crippen LogP contribution in [0.15, 0.2) is 24.5 Å². The topological polar surface area (TPSA) is 89.8 Å². The molecule has 1 heterocycles. The molecule has 10 heteroatoms. The smallest absolute Gasteiger partial charge is 0.232 e. The van der Waals surface area contributed by atoms with Crippen molar-refractivity contribution in [2.45, 2.75) is 12.8 Å². The average molecular weight is 334 g/mol. The molecule has 1 N–H and O–H groups in total. The zero-order valence-corrected chi connectivity index (χ0v) is 12.5. The van der Waals surface area contributed by atoms with E-state index < -0.39 is 15.8 Å². The van der Waals surface area contributed by atoms with Crippen LogP contribution in [0.3, 0.4) is 0 Å². The van der Waals surface area contributed by atoms with Crippen LogP contribution >= 0.6 is 11.6 Å². The molecule has 21 heavy (non-hydrogen) atoms. The van der Waals surface area contributed by atoms with Crippen molar-refractivity contribution in [2.24, 2.45) is 0 Å². The van der Waals surface area contributed by atoms with Crippen LogP contribution in [0.2, 0.25) is 0 Å². The lowest BCUT2D eigenvalue weighted by atomic mass is 10.3. The van der Waals surface area contributed by atoms with Crippen molar-refractivity contribution in [3.05, 3.63) is 30.3 Å². The van der Waals surface area contributed by atoms with E-state index in [0.717, 1.165) is 6.07 Å². The van der Waals surface area contributed by atoms with E-state index in [0.29, 0.717) is 24.4 Å². The fourth-order valence-corrected chi connectivity index (χ4v) is 2.99. The van der Waals surface area contributed by atoms with Gasteiger partial charge in [0.2, 0.25) is 10.0 Å². The third-order valence-electron chi connectivity index (χ3n) is 2.63. The molecule has 2 aromatic rings. The van der Waals surface area contributed by atoms with E-state index in [4.69, 9.17) is 11.6 Å². The molecule has 0 aliphatic rings. The predicted octanol–water partition coefficient (Wildman–Crippen LogP) is 1.56. The number of unbranched alkanes of at least 4 members (excludes halogenated alkanes) is 1. The number of rotatable bonds is 7. The minimum Gasteiger partial charge on any atom is -0.280 e. The maximum atomic E-state index is 13.7. The number of nitrogens with one attached hydrogen (secondary N) is 1. The zero-order chi connectivity index (χ0) is 15.3. The molecule has 0 aliphatic heterocycles. The fraction of sp³-hybridized carbons (Fsp3) is 0.364. The van der Waals surface area contributed by atoms with Gasteiger partial charge in [-0.2, -0.15) is 0 Å². The Morgan fingerprint density at radius 3 is 2.81 bits per heavy atom. The summed E-state index contributed by atoms with van der Waals surface area (Å²) in [4.78, 5) is 0. The Morgan fingerprint density at radius 1 is 1.33 bits per heavy atom. The van der Waals surface area contributed by atoms with Crippen LogP contribution in [0.5, 0.6) is 0 Å². The van der Waals surface area contributed by atoms with Gasteiger partial charge in [0.15, 0.2) is 0 Å². The van der Waals surface area contributed by atoms with Gasteiger partial charge in [-0.1, -0.05) is 0 Å². The summed E-state index contributed by atoms with van der Waals surface area (Å²) in [5.41, 5.74) is 0.300. The van der Waals surface area contributed by atoms with Crippen molar-refractivity contribution < 1.29 is 12.8 Å². The van der Waals surface area contributed by atoms with Gasteiger partial charge in [-0.25, -0.2) is 17.5 Å². The van der Waals surface area contributed by atoms with E-state index in [9.17, 15) is 12.8 Å². The van der Waals surface area contributed by atoms with Gasteiger partial charge in [-0.05, 0) is 41.5 Å².